The van der Waals surface area contributed by atoms with Crippen LogP contribution in [-0.2, 0) is 18.9 Å². The maximum absolute atomic E-state index is 10.9. The fourth-order valence-corrected chi connectivity index (χ4v) is 4.40. The van der Waals surface area contributed by atoms with Crippen molar-refractivity contribution in [2.45, 2.75) is 98.2 Å². The van der Waals surface area contributed by atoms with Gasteiger partial charge in [0.15, 0.2) is 12.6 Å². The van der Waals surface area contributed by atoms with Crippen LogP contribution in [0.1, 0.15) is 6.42 Å². The molecule has 15 nitrogen and oxygen atoms in total. The number of halogens is 1. The topological polar surface area (TPSA) is 283 Å². The summed E-state index contributed by atoms with van der Waals surface area (Å²) in [5, 5.41) is 70.9. The molecule has 0 aromatic carbocycles. The molecule has 34 heavy (non-hydrogen) atoms. The predicted octanol–water partition coefficient (Wildman–Crippen LogP) is -6.87. The van der Waals surface area contributed by atoms with Crippen molar-refractivity contribution >= 4 is 12.4 Å². The van der Waals surface area contributed by atoms with Crippen LogP contribution in [0.4, 0.5) is 0 Å². The standard InChI is InChI=1S/C18H36N4O11.ClH/c19-2-6-10(25)12(27)13(28)18(30-6)33-16-5(21)1-4(20)15(14(16)29)32-17-11(26)8(22)9(24)7(3-23)31-17;/h4-18,23-29H,1-3,19-22H2;1H/t4-,5+,6-,7-,8+,9-,10-,11-,12+,13-,14-,15+,16-,17-,18?;/m1./s1. The van der Waals surface area contributed by atoms with E-state index in [0.29, 0.717) is 0 Å². The Labute approximate surface area is 201 Å². The average molecular weight is 521 g/mol. The number of hydrogen-bond donors (Lipinski definition) is 11. The van der Waals surface area contributed by atoms with Crippen molar-refractivity contribution < 1.29 is 54.7 Å². The monoisotopic (exact) mass is 520 g/mol. The summed E-state index contributed by atoms with van der Waals surface area (Å²) < 4.78 is 22.2. The van der Waals surface area contributed by atoms with Gasteiger partial charge in [0.25, 0.3) is 0 Å². The second-order valence-electron chi connectivity index (χ2n) is 8.79. The molecule has 0 bridgehead atoms. The molecule has 0 radical (unpaired) electrons. The highest BCUT2D eigenvalue weighted by atomic mass is 35.5. The van der Waals surface area contributed by atoms with Crippen molar-refractivity contribution in [2.75, 3.05) is 13.2 Å². The molecule has 15 N–H and O–H groups in total. The number of aliphatic hydroxyl groups is 7. The van der Waals surface area contributed by atoms with Crippen LogP contribution in [0.15, 0.2) is 0 Å². The van der Waals surface area contributed by atoms with E-state index in [-0.39, 0.29) is 25.4 Å². The Morgan fingerprint density at radius 1 is 0.676 bits per heavy atom. The van der Waals surface area contributed by atoms with E-state index < -0.39 is 98.4 Å². The lowest BCUT2D eigenvalue weighted by Crippen LogP contribution is -2.68. The first-order valence-electron chi connectivity index (χ1n) is 10.8. The van der Waals surface area contributed by atoms with E-state index in [2.05, 4.69) is 0 Å². The minimum Gasteiger partial charge on any atom is -0.394 e. The van der Waals surface area contributed by atoms with E-state index in [1.807, 2.05) is 0 Å². The van der Waals surface area contributed by atoms with Crippen LogP contribution in [-0.4, -0.2) is 141 Å². The van der Waals surface area contributed by atoms with E-state index in [9.17, 15) is 35.7 Å². The van der Waals surface area contributed by atoms with Gasteiger partial charge in [-0.15, -0.1) is 12.4 Å². The summed E-state index contributed by atoms with van der Waals surface area (Å²) in [4.78, 5) is 0. The lowest BCUT2D eigenvalue weighted by molar-refractivity contribution is -0.332. The molecule has 16 heteroatoms. The van der Waals surface area contributed by atoms with E-state index in [1.165, 1.54) is 0 Å². The molecular formula is C18H37ClN4O11. The number of rotatable bonds is 6. The van der Waals surface area contributed by atoms with E-state index >= 15 is 0 Å². The second kappa shape index (κ2) is 12.3. The molecule has 202 valence electrons. The molecule has 0 spiro atoms. The van der Waals surface area contributed by atoms with Crippen LogP contribution in [0.2, 0.25) is 0 Å². The molecule has 2 saturated heterocycles. The highest BCUT2D eigenvalue weighted by Crippen LogP contribution is 2.31. The maximum atomic E-state index is 10.9. The van der Waals surface area contributed by atoms with Crippen molar-refractivity contribution in [3.8, 4) is 0 Å². The van der Waals surface area contributed by atoms with Gasteiger partial charge in [-0.05, 0) is 6.42 Å². The molecule has 0 amide bonds. The Balaban J connectivity index is 0.00000408. The van der Waals surface area contributed by atoms with Gasteiger partial charge in [0.1, 0.15) is 61.0 Å². The largest absolute Gasteiger partial charge is 0.394 e. The summed E-state index contributed by atoms with van der Waals surface area (Å²) >= 11 is 0. The Kier molecular flexibility index (Phi) is 10.8. The fraction of sp³-hybridized carbons (Fsp3) is 1.00. The summed E-state index contributed by atoms with van der Waals surface area (Å²) in [5.41, 5.74) is 23.5. The molecule has 1 saturated carbocycles. The van der Waals surface area contributed by atoms with Crippen molar-refractivity contribution in [1.82, 2.24) is 0 Å². The van der Waals surface area contributed by atoms with Crippen molar-refractivity contribution in [1.29, 1.82) is 0 Å². The molecular weight excluding hydrogens is 484 g/mol. The third-order valence-corrected chi connectivity index (χ3v) is 6.48. The van der Waals surface area contributed by atoms with Gasteiger partial charge in [0.2, 0.25) is 0 Å². The summed E-state index contributed by atoms with van der Waals surface area (Å²) in [6, 6.07) is -2.86. The summed E-state index contributed by atoms with van der Waals surface area (Å²) in [6.07, 6.45) is -16.5. The number of ether oxygens (including phenoxy) is 4. The zero-order chi connectivity index (χ0) is 24.6. The van der Waals surface area contributed by atoms with Crippen LogP contribution >= 0.6 is 12.4 Å². The third-order valence-electron chi connectivity index (χ3n) is 6.48. The lowest BCUT2D eigenvalue weighted by atomic mass is 9.84. The minimum atomic E-state index is -1.66. The maximum Gasteiger partial charge on any atom is 0.187 e. The Morgan fingerprint density at radius 2 is 1.18 bits per heavy atom. The second-order valence-corrected chi connectivity index (χ2v) is 8.79. The van der Waals surface area contributed by atoms with Gasteiger partial charge in [-0.25, -0.2) is 0 Å². The van der Waals surface area contributed by atoms with Crippen LogP contribution in [0.5, 0.6) is 0 Å². The highest BCUT2D eigenvalue weighted by Gasteiger charge is 2.51. The zero-order valence-electron chi connectivity index (χ0n) is 18.3. The van der Waals surface area contributed by atoms with Gasteiger partial charge in [0, 0.05) is 18.6 Å². The molecule has 1 unspecified atom stereocenters. The van der Waals surface area contributed by atoms with E-state index in [4.69, 9.17) is 41.9 Å². The van der Waals surface area contributed by atoms with Crippen molar-refractivity contribution in [3.05, 3.63) is 0 Å². The molecule has 2 aliphatic heterocycles. The zero-order valence-corrected chi connectivity index (χ0v) is 19.1. The number of aliphatic hydroxyl groups excluding tert-OH is 7. The Morgan fingerprint density at radius 3 is 1.68 bits per heavy atom. The summed E-state index contributed by atoms with van der Waals surface area (Å²) in [6.45, 7) is -0.763. The quantitative estimate of drug-likeness (QED) is 0.155. The first-order valence-corrected chi connectivity index (χ1v) is 10.8. The van der Waals surface area contributed by atoms with Crippen LogP contribution in [0.25, 0.3) is 0 Å². The number of nitrogens with two attached hydrogens (primary N) is 4. The van der Waals surface area contributed by atoms with Gasteiger partial charge < -0.3 is 77.6 Å². The molecule has 15 atom stereocenters. The Hall–Kier alpha value is -0.310. The van der Waals surface area contributed by atoms with Gasteiger partial charge in [-0.3, -0.25) is 0 Å². The van der Waals surface area contributed by atoms with Gasteiger partial charge in [0.05, 0.1) is 12.6 Å². The molecule has 2 heterocycles. The normalized spacial score (nSPS) is 52.1. The molecule has 3 aliphatic rings. The van der Waals surface area contributed by atoms with E-state index in [0.717, 1.165) is 0 Å². The molecule has 3 rings (SSSR count). The molecule has 0 aromatic heterocycles. The van der Waals surface area contributed by atoms with Crippen LogP contribution < -0.4 is 22.9 Å². The number of hydrogen-bond acceptors (Lipinski definition) is 15. The fourth-order valence-electron chi connectivity index (χ4n) is 4.40. The molecule has 0 aromatic rings. The molecule has 1 aliphatic carbocycles. The molecule has 3 fully saturated rings. The highest BCUT2D eigenvalue weighted by molar-refractivity contribution is 5.85. The van der Waals surface area contributed by atoms with Gasteiger partial charge in [-0.1, -0.05) is 0 Å². The first kappa shape index (κ1) is 29.9. The Bertz CT molecular complexity index is 591. The lowest BCUT2D eigenvalue weighted by Gasteiger charge is -2.48. The van der Waals surface area contributed by atoms with Crippen LogP contribution in [0, 0.1) is 0 Å². The minimum absolute atomic E-state index is 0. The van der Waals surface area contributed by atoms with Gasteiger partial charge >= 0.3 is 0 Å². The van der Waals surface area contributed by atoms with Crippen molar-refractivity contribution in [3.63, 3.8) is 0 Å². The smallest absolute Gasteiger partial charge is 0.187 e. The van der Waals surface area contributed by atoms with Gasteiger partial charge in [-0.2, -0.15) is 0 Å². The summed E-state index contributed by atoms with van der Waals surface area (Å²) in [7, 11) is 0. The van der Waals surface area contributed by atoms with Crippen LogP contribution in [0.3, 0.4) is 0 Å². The average Bonchev–Trinajstić information content (AvgIpc) is 2.79. The summed E-state index contributed by atoms with van der Waals surface area (Å²) in [5.74, 6) is 0. The third kappa shape index (κ3) is 5.81. The first-order chi connectivity index (χ1) is 15.5. The SMILES string of the molecule is Cl.NC[C@H]1OC(O[C@H]2[C@H](O)[C@@H](O[C@H]3O[C@H](CO)[C@@H](O)[C@H](N)[C@H]3O)[C@H](N)C[C@@H]2N)[C@H](O)[C@@H](O)[C@@H]1O. The van der Waals surface area contributed by atoms with E-state index in [1.54, 1.807) is 0 Å². The van der Waals surface area contributed by atoms with Crippen molar-refractivity contribution in [2.24, 2.45) is 22.9 Å². The predicted molar refractivity (Wildman–Crippen MR) is 115 cm³/mol.